The standard InChI is InChI=1S/C25H22FN5O2S/c26-19-5-1-2-6-21(19)31-24(33)18-9-8-16(15-20(18)29-25(31)34)23(32)28-17-10-13-30(14-11-17)22-7-3-4-12-27-22/h1-9,12,15,17H,10-11,13-14H2,(H,28,32)(H,29,34). The first kappa shape index (κ1) is 22.0. The fraction of sp³-hybridized carbons (Fsp3) is 0.200. The Kier molecular flexibility index (Phi) is 5.93. The SMILES string of the molecule is O=C(NC1CCN(c2ccccn2)CC1)c1ccc2c(=O)n(-c3ccccc3F)c(=S)[nH]c2c1. The minimum atomic E-state index is -0.548. The summed E-state index contributed by atoms with van der Waals surface area (Å²) >= 11 is 5.33. The zero-order chi connectivity index (χ0) is 23.7. The molecular weight excluding hydrogens is 453 g/mol. The number of hydrogen-bond donors (Lipinski definition) is 2. The summed E-state index contributed by atoms with van der Waals surface area (Å²) in [6.45, 7) is 1.62. The van der Waals surface area contributed by atoms with Gasteiger partial charge in [0.1, 0.15) is 11.6 Å². The molecule has 0 radical (unpaired) electrons. The van der Waals surface area contributed by atoms with Gasteiger partial charge in [-0.05, 0) is 67.5 Å². The molecular formula is C25H22FN5O2S. The van der Waals surface area contributed by atoms with Crippen LogP contribution in [0.25, 0.3) is 16.6 Å². The van der Waals surface area contributed by atoms with Gasteiger partial charge >= 0.3 is 0 Å². The molecule has 0 atom stereocenters. The number of para-hydroxylation sites is 1. The van der Waals surface area contributed by atoms with Gasteiger partial charge in [0, 0.05) is 30.9 Å². The first-order chi connectivity index (χ1) is 16.5. The van der Waals surface area contributed by atoms with E-state index < -0.39 is 11.4 Å². The zero-order valence-electron chi connectivity index (χ0n) is 18.2. The van der Waals surface area contributed by atoms with Gasteiger partial charge in [-0.3, -0.25) is 9.59 Å². The molecule has 4 aromatic rings. The first-order valence-electron chi connectivity index (χ1n) is 11.0. The number of aromatic nitrogens is 3. The van der Waals surface area contributed by atoms with Crippen LogP contribution in [0.4, 0.5) is 10.2 Å². The number of carbonyl (C=O) groups is 1. The summed E-state index contributed by atoms with van der Waals surface area (Å²) in [5.74, 6) is 0.183. The molecule has 7 nitrogen and oxygen atoms in total. The Morgan fingerprint density at radius 3 is 2.59 bits per heavy atom. The van der Waals surface area contributed by atoms with Crippen molar-refractivity contribution in [2.45, 2.75) is 18.9 Å². The van der Waals surface area contributed by atoms with Crippen LogP contribution in [0.5, 0.6) is 0 Å². The summed E-state index contributed by atoms with van der Waals surface area (Å²) in [4.78, 5) is 35.5. The van der Waals surface area contributed by atoms with Crippen LogP contribution in [-0.4, -0.2) is 39.6 Å². The van der Waals surface area contributed by atoms with Gasteiger partial charge in [0.2, 0.25) is 0 Å². The number of benzene rings is 2. The molecule has 0 saturated carbocycles. The first-order valence-corrected chi connectivity index (χ1v) is 11.4. The lowest BCUT2D eigenvalue weighted by atomic mass is 10.0. The number of fused-ring (bicyclic) bond motifs is 1. The maximum absolute atomic E-state index is 14.3. The molecule has 0 aliphatic carbocycles. The number of H-pyrrole nitrogens is 1. The molecule has 172 valence electrons. The van der Waals surface area contributed by atoms with Crippen molar-refractivity contribution in [3.05, 3.63) is 93.4 Å². The fourth-order valence-corrected chi connectivity index (χ4v) is 4.56. The van der Waals surface area contributed by atoms with Crippen molar-refractivity contribution in [3.8, 4) is 5.69 Å². The predicted molar refractivity (Wildman–Crippen MR) is 132 cm³/mol. The van der Waals surface area contributed by atoms with E-state index in [-0.39, 0.29) is 22.4 Å². The molecule has 1 aliphatic rings. The van der Waals surface area contributed by atoms with Crippen molar-refractivity contribution in [2.75, 3.05) is 18.0 Å². The van der Waals surface area contributed by atoms with Crippen LogP contribution >= 0.6 is 12.2 Å². The third kappa shape index (κ3) is 4.22. The number of nitrogens with one attached hydrogen (secondary N) is 2. The van der Waals surface area contributed by atoms with E-state index in [0.29, 0.717) is 16.5 Å². The molecule has 2 aromatic carbocycles. The molecule has 5 rings (SSSR count). The quantitative estimate of drug-likeness (QED) is 0.437. The van der Waals surface area contributed by atoms with Crippen LogP contribution in [0.2, 0.25) is 0 Å². The van der Waals surface area contributed by atoms with Crippen LogP contribution in [0.1, 0.15) is 23.2 Å². The second-order valence-electron chi connectivity index (χ2n) is 8.21. The number of pyridine rings is 1. The average molecular weight is 476 g/mol. The highest BCUT2D eigenvalue weighted by Crippen LogP contribution is 2.19. The zero-order valence-corrected chi connectivity index (χ0v) is 19.0. The van der Waals surface area contributed by atoms with Gasteiger partial charge in [0.05, 0.1) is 16.6 Å². The third-order valence-corrected chi connectivity index (χ3v) is 6.34. The van der Waals surface area contributed by atoms with Gasteiger partial charge in [-0.25, -0.2) is 13.9 Å². The van der Waals surface area contributed by atoms with Crippen LogP contribution in [0.15, 0.2) is 71.7 Å². The Balaban J connectivity index is 1.34. The highest BCUT2D eigenvalue weighted by molar-refractivity contribution is 7.71. The summed E-state index contributed by atoms with van der Waals surface area (Å²) < 4.78 is 15.5. The summed E-state index contributed by atoms with van der Waals surface area (Å²) in [5, 5.41) is 3.40. The minimum absolute atomic E-state index is 0.0516. The second kappa shape index (κ2) is 9.18. The summed E-state index contributed by atoms with van der Waals surface area (Å²) in [6.07, 6.45) is 3.40. The van der Waals surface area contributed by atoms with E-state index in [4.69, 9.17) is 12.2 Å². The number of anilines is 1. The molecule has 9 heteroatoms. The monoisotopic (exact) mass is 475 g/mol. The van der Waals surface area contributed by atoms with E-state index in [9.17, 15) is 14.0 Å². The molecule has 2 N–H and O–H groups in total. The van der Waals surface area contributed by atoms with Gasteiger partial charge in [-0.1, -0.05) is 18.2 Å². The molecule has 1 saturated heterocycles. The second-order valence-corrected chi connectivity index (χ2v) is 8.59. The van der Waals surface area contributed by atoms with Crippen molar-refractivity contribution in [3.63, 3.8) is 0 Å². The average Bonchev–Trinajstić information content (AvgIpc) is 2.86. The van der Waals surface area contributed by atoms with E-state index in [0.717, 1.165) is 36.3 Å². The number of piperidine rings is 1. The number of aromatic amines is 1. The Hall–Kier alpha value is -3.85. The molecule has 1 fully saturated rings. The molecule has 0 unspecified atom stereocenters. The van der Waals surface area contributed by atoms with Crippen molar-refractivity contribution < 1.29 is 9.18 Å². The Labute approximate surface area is 199 Å². The summed E-state index contributed by atoms with van der Waals surface area (Å²) in [6, 6.07) is 16.6. The molecule has 1 amide bonds. The van der Waals surface area contributed by atoms with Crippen molar-refractivity contribution >= 4 is 34.8 Å². The Morgan fingerprint density at radius 2 is 1.85 bits per heavy atom. The molecule has 3 heterocycles. The number of nitrogens with zero attached hydrogens (tertiary/aromatic N) is 3. The van der Waals surface area contributed by atoms with Crippen LogP contribution in [0, 0.1) is 10.6 Å². The number of carbonyl (C=O) groups excluding carboxylic acids is 1. The van der Waals surface area contributed by atoms with Gasteiger partial charge in [0.25, 0.3) is 11.5 Å². The number of hydrogen-bond acceptors (Lipinski definition) is 5. The minimum Gasteiger partial charge on any atom is -0.356 e. The van der Waals surface area contributed by atoms with E-state index in [1.807, 2.05) is 18.2 Å². The number of rotatable bonds is 4. The maximum Gasteiger partial charge on any atom is 0.266 e. The Morgan fingerprint density at radius 1 is 1.09 bits per heavy atom. The fourth-order valence-electron chi connectivity index (χ4n) is 4.27. The van der Waals surface area contributed by atoms with Gasteiger partial charge in [-0.15, -0.1) is 0 Å². The van der Waals surface area contributed by atoms with Gasteiger partial charge in [-0.2, -0.15) is 0 Å². The predicted octanol–water partition coefficient (Wildman–Crippen LogP) is 3.98. The maximum atomic E-state index is 14.3. The summed E-state index contributed by atoms with van der Waals surface area (Å²) in [5.41, 5.74) is 0.487. The smallest absolute Gasteiger partial charge is 0.266 e. The molecule has 0 bridgehead atoms. The van der Waals surface area contributed by atoms with Crippen LogP contribution in [0.3, 0.4) is 0 Å². The van der Waals surface area contributed by atoms with E-state index in [1.54, 1.807) is 36.5 Å². The molecule has 34 heavy (non-hydrogen) atoms. The highest BCUT2D eigenvalue weighted by atomic mass is 32.1. The number of halogens is 1. The lowest BCUT2D eigenvalue weighted by Gasteiger charge is -2.33. The normalized spacial score (nSPS) is 14.3. The van der Waals surface area contributed by atoms with Gasteiger partial charge < -0.3 is 15.2 Å². The summed E-state index contributed by atoms with van der Waals surface area (Å²) in [7, 11) is 0. The van der Waals surface area contributed by atoms with Crippen molar-refractivity contribution in [1.82, 2.24) is 19.9 Å². The van der Waals surface area contributed by atoms with E-state index in [2.05, 4.69) is 20.2 Å². The lowest BCUT2D eigenvalue weighted by molar-refractivity contribution is 0.0931. The van der Waals surface area contributed by atoms with E-state index in [1.165, 1.54) is 12.1 Å². The van der Waals surface area contributed by atoms with Crippen molar-refractivity contribution in [1.29, 1.82) is 0 Å². The lowest BCUT2D eigenvalue weighted by Crippen LogP contribution is -2.45. The van der Waals surface area contributed by atoms with Crippen molar-refractivity contribution in [2.24, 2.45) is 0 Å². The van der Waals surface area contributed by atoms with Crippen LogP contribution in [-0.2, 0) is 0 Å². The highest BCUT2D eigenvalue weighted by Gasteiger charge is 2.22. The number of amides is 1. The van der Waals surface area contributed by atoms with Crippen LogP contribution < -0.4 is 15.8 Å². The molecule has 0 spiro atoms. The molecule has 1 aliphatic heterocycles. The largest absolute Gasteiger partial charge is 0.356 e. The topological polar surface area (TPSA) is 83.0 Å². The van der Waals surface area contributed by atoms with Gasteiger partial charge in [0.15, 0.2) is 4.77 Å². The third-order valence-electron chi connectivity index (χ3n) is 6.06. The molecule has 2 aromatic heterocycles. The van der Waals surface area contributed by atoms with E-state index >= 15 is 0 Å². The Bertz CT molecular complexity index is 1480.